The van der Waals surface area contributed by atoms with Crippen molar-refractivity contribution in [3.05, 3.63) is 40.7 Å². The second-order valence-electron chi connectivity index (χ2n) is 3.42. The van der Waals surface area contributed by atoms with Crippen molar-refractivity contribution in [2.24, 2.45) is 0 Å². The van der Waals surface area contributed by atoms with E-state index in [1.54, 1.807) is 24.3 Å². The van der Waals surface area contributed by atoms with Gasteiger partial charge in [0.2, 0.25) is 0 Å². The first-order valence-electron chi connectivity index (χ1n) is 5.24. The molecule has 1 aromatic heterocycles. The smallest absolute Gasteiger partial charge is 0.251 e. The second-order valence-corrected chi connectivity index (χ2v) is 6.41. The van der Waals surface area contributed by atoms with Crippen molar-refractivity contribution in [1.82, 2.24) is 14.7 Å². The number of thioether (sulfide) groups is 1. The molecule has 0 aliphatic carbocycles. The first-order chi connectivity index (χ1) is 9.19. The molecule has 8 heteroatoms. The number of nitrogens with zero attached hydrogens (tertiary/aromatic N) is 2. The van der Waals surface area contributed by atoms with Gasteiger partial charge in [0.25, 0.3) is 5.91 Å². The zero-order chi connectivity index (χ0) is 13.7. The summed E-state index contributed by atoms with van der Waals surface area (Å²) in [6.07, 6.45) is 0. The van der Waals surface area contributed by atoms with Gasteiger partial charge >= 0.3 is 0 Å². The summed E-state index contributed by atoms with van der Waals surface area (Å²) in [5.74, 6) is 0.401. The Labute approximate surface area is 128 Å². The van der Waals surface area contributed by atoms with Crippen LogP contribution < -0.4 is 5.32 Å². The Morgan fingerprint density at radius 3 is 2.79 bits per heavy atom. The highest BCUT2D eigenvalue weighted by Gasteiger charge is 2.08. The number of hydrogen-bond acceptors (Lipinski definition) is 5. The Balaban J connectivity index is 1.90. The Morgan fingerprint density at radius 2 is 2.11 bits per heavy atom. The fraction of sp³-hybridized carbons (Fsp3) is 0.182. The summed E-state index contributed by atoms with van der Waals surface area (Å²) >= 11 is 14.0. The Morgan fingerprint density at radius 1 is 1.37 bits per heavy atom. The molecule has 2 aromatic rings. The fourth-order valence-electron chi connectivity index (χ4n) is 1.28. The molecule has 0 aliphatic rings. The monoisotopic (exact) mass is 333 g/mol. The molecule has 2 rings (SSSR count). The summed E-state index contributed by atoms with van der Waals surface area (Å²) in [6, 6.07) is 6.68. The van der Waals surface area contributed by atoms with Gasteiger partial charge in [0.05, 0.1) is 11.8 Å². The molecule has 0 atom stereocenters. The molecule has 0 aliphatic heterocycles. The van der Waals surface area contributed by atoms with E-state index >= 15 is 0 Å². The zero-order valence-electron chi connectivity index (χ0n) is 9.60. The molecule has 1 aromatic carbocycles. The normalized spacial score (nSPS) is 10.4. The summed E-state index contributed by atoms with van der Waals surface area (Å²) in [5, 5.41) is 3.78. The van der Waals surface area contributed by atoms with Crippen molar-refractivity contribution in [3.8, 4) is 0 Å². The van der Waals surface area contributed by atoms with Crippen LogP contribution >= 0.6 is 46.5 Å². The van der Waals surface area contributed by atoms with E-state index in [1.165, 1.54) is 23.3 Å². The molecule has 1 amide bonds. The molecular formula is C11H9Cl2N3OS2. The maximum Gasteiger partial charge on any atom is 0.251 e. The lowest BCUT2D eigenvalue weighted by atomic mass is 10.2. The van der Waals surface area contributed by atoms with Gasteiger partial charge in [-0.15, -0.1) is 11.6 Å². The van der Waals surface area contributed by atoms with Gasteiger partial charge in [-0.2, -0.15) is 4.37 Å². The van der Waals surface area contributed by atoms with E-state index in [9.17, 15) is 4.79 Å². The molecule has 0 bridgehead atoms. The largest absolute Gasteiger partial charge is 0.345 e. The highest BCUT2D eigenvalue weighted by atomic mass is 35.5. The summed E-state index contributed by atoms with van der Waals surface area (Å²) in [6.45, 7) is 0.292. The molecular weight excluding hydrogens is 325 g/mol. The predicted octanol–water partition coefficient (Wildman–Crippen LogP) is 3.41. The van der Waals surface area contributed by atoms with Crippen LogP contribution in [0.15, 0.2) is 28.6 Å². The molecule has 0 fully saturated rings. The number of carbonyl (C=O) groups excluding carboxylic acids is 1. The third-order valence-corrected chi connectivity index (χ3v) is 4.29. The number of aromatic nitrogens is 2. The lowest BCUT2D eigenvalue weighted by Crippen LogP contribution is -2.23. The Bertz CT molecular complexity index is 559. The highest BCUT2D eigenvalue weighted by molar-refractivity contribution is 8.01. The van der Waals surface area contributed by atoms with Crippen molar-refractivity contribution in [3.63, 3.8) is 0 Å². The maximum atomic E-state index is 11.8. The van der Waals surface area contributed by atoms with Crippen LogP contribution in [-0.2, 0) is 6.54 Å². The van der Waals surface area contributed by atoms with Gasteiger partial charge in [0.15, 0.2) is 10.2 Å². The topological polar surface area (TPSA) is 54.9 Å². The van der Waals surface area contributed by atoms with Crippen LogP contribution in [0.3, 0.4) is 0 Å². The Hall–Kier alpha value is -0.820. The predicted molar refractivity (Wildman–Crippen MR) is 79.1 cm³/mol. The quantitative estimate of drug-likeness (QED) is 0.672. The van der Waals surface area contributed by atoms with E-state index in [2.05, 4.69) is 14.7 Å². The summed E-state index contributed by atoms with van der Waals surface area (Å²) in [7, 11) is 0. The van der Waals surface area contributed by atoms with E-state index in [1.807, 2.05) is 0 Å². The van der Waals surface area contributed by atoms with Gasteiger partial charge in [0, 0.05) is 10.6 Å². The summed E-state index contributed by atoms with van der Waals surface area (Å²) < 4.78 is 4.93. The van der Waals surface area contributed by atoms with Crippen molar-refractivity contribution in [2.45, 2.75) is 10.9 Å². The van der Waals surface area contributed by atoms with Crippen molar-refractivity contribution < 1.29 is 4.79 Å². The average molecular weight is 334 g/mol. The van der Waals surface area contributed by atoms with Crippen LogP contribution in [0.4, 0.5) is 0 Å². The number of nitrogens with one attached hydrogen (secondary N) is 1. The summed E-state index contributed by atoms with van der Waals surface area (Å²) in [5.41, 5.74) is 0.551. The molecule has 4 nitrogen and oxygen atoms in total. The zero-order valence-corrected chi connectivity index (χ0v) is 12.7. The number of carbonyl (C=O) groups is 1. The van der Waals surface area contributed by atoms with Crippen molar-refractivity contribution in [1.29, 1.82) is 0 Å². The van der Waals surface area contributed by atoms with Gasteiger partial charge in [-0.3, -0.25) is 4.79 Å². The van der Waals surface area contributed by atoms with Crippen LogP contribution in [-0.4, -0.2) is 20.5 Å². The van der Waals surface area contributed by atoms with E-state index < -0.39 is 0 Å². The van der Waals surface area contributed by atoms with Gasteiger partial charge in [-0.05, 0) is 35.8 Å². The van der Waals surface area contributed by atoms with Crippen LogP contribution in [0, 0.1) is 0 Å². The van der Waals surface area contributed by atoms with E-state index in [0.717, 1.165) is 4.34 Å². The molecule has 0 saturated heterocycles. The molecule has 1 heterocycles. The van der Waals surface area contributed by atoms with Gasteiger partial charge in [-0.1, -0.05) is 23.4 Å². The molecule has 0 unspecified atom stereocenters. The lowest BCUT2D eigenvalue weighted by molar-refractivity contribution is 0.0950. The van der Waals surface area contributed by atoms with Gasteiger partial charge in [-0.25, -0.2) is 4.98 Å². The summed E-state index contributed by atoms with van der Waals surface area (Å²) in [4.78, 5) is 16.1. The van der Waals surface area contributed by atoms with Crippen LogP contribution in [0.1, 0.15) is 16.2 Å². The molecule has 1 N–H and O–H groups in total. The minimum Gasteiger partial charge on any atom is -0.345 e. The van der Waals surface area contributed by atoms with Crippen LogP contribution in [0.2, 0.25) is 5.02 Å². The number of amides is 1. The van der Waals surface area contributed by atoms with Crippen molar-refractivity contribution >= 4 is 52.4 Å². The number of hydrogen-bond donors (Lipinski definition) is 1. The second kappa shape index (κ2) is 7.09. The van der Waals surface area contributed by atoms with Crippen LogP contribution in [0.25, 0.3) is 0 Å². The number of benzene rings is 1. The molecule has 19 heavy (non-hydrogen) atoms. The standard InChI is InChI=1S/C11H9Cl2N3OS2/c12-6-18-11-15-9(16-19-11)5-14-10(17)7-1-3-8(13)4-2-7/h1-4H,5-6H2,(H,14,17). The minimum atomic E-state index is -0.182. The van der Waals surface area contributed by atoms with Crippen LogP contribution in [0.5, 0.6) is 0 Å². The number of rotatable bonds is 5. The third-order valence-electron chi connectivity index (χ3n) is 2.14. The fourth-order valence-corrected chi connectivity index (χ4v) is 3.11. The third kappa shape index (κ3) is 4.35. The number of alkyl halides is 1. The average Bonchev–Trinajstić information content (AvgIpc) is 2.85. The van der Waals surface area contributed by atoms with Gasteiger partial charge < -0.3 is 5.32 Å². The van der Waals surface area contributed by atoms with E-state index in [-0.39, 0.29) is 5.91 Å². The maximum absolute atomic E-state index is 11.8. The molecule has 0 radical (unpaired) electrons. The number of halogens is 2. The Kier molecular flexibility index (Phi) is 5.45. The molecule has 100 valence electrons. The minimum absolute atomic E-state index is 0.182. The molecule has 0 spiro atoms. The molecule has 0 saturated carbocycles. The van der Waals surface area contributed by atoms with Gasteiger partial charge in [0.1, 0.15) is 0 Å². The first-order valence-corrected chi connectivity index (χ1v) is 7.91. The highest BCUT2D eigenvalue weighted by Crippen LogP contribution is 2.20. The SMILES string of the molecule is O=C(NCc1nsc(SCCl)n1)c1ccc(Cl)cc1. The van der Waals surface area contributed by atoms with Crippen molar-refractivity contribution in [2.75, 3.05) is 5.21 Å². The van der Waals surface area contributed by atoms with E-state index in [0.29, 0.717) is 28.2 Å². The lowest BCUT2D eigenvalue weighted by Gasteiger charge is -2.02. The first kappa shape index (κ1) is 14.6. The van der Waals surface area contributed by atoms with E-state index in [4.69, 9.17) is 23.2 Å².